The zero-order valence-electron chi connectivity index (χ0n) is 11.9. The highest BCUT2D eigenvalue weighted by atomic mass is 32.2. The monoisotopic (exact) mass is 295 g/mol. The molecular formula is C14H17NO4S. The lowest BCUT2D eigenvalue weighted by Crippen LogP contribution is -2.68. The Kier molecular flexibility index (Phi) is 3.25. The molecule has 0 radical (unpaired) electrons. The van der Waals surface area contributed by atoms with Crippen molar-refractivity contribution in [3.63, 3.8) is 0 Å². The average Bonchev–Trinajstić information content (AvgIpc) is 2.34. The van der Waals surface area contributed by atoms with Gasteiger partial charge < -0.3 is 0 Å². The standard InChI is InChI=1S/C14H17NO4S/c1-9-5-6-11(10(2)7-9)12(16)8-15-13(17)14(3,4)20(15,18)19/h5-7H,8H2,1-4H3. The summed E-state index contributed by atoms with van der Waals surface area (Å²) in [6.07, 6.45) is 0. The van der Waals surface area contributed by atoms with Crippen molar-refractivity contribution in [1.29, 1.82) is 0 Å². The number of hydrogen-bond acceptors (Lipinski definition) is 4. The van der Waals surface area contributed by atoms with E-state index < -0.39 is 27.2 Å². The molecular weight excluding hydrogens is 278 g/mol. The van der Waals surface area contributed by atoms with Crippen LogP contribution < -0.4 is 0 Å². The lowest BCUT2D eigenvalue weighted by Gasteiger charge is -2.42. The molecule has 1 aromatic carbocycles. The number of hydrogen-bond donors (Lipinski definition) is 0. The fourth-order valence-electron chi connectivity index (χ4n) is 2.26. The van der Waals surface area contributed by atoms with Gasteiger partial charge in [-0.05, 0) is 33.3 Å². The number of Topliss-reactive ketones (excluding diaryl/α,β-unsaturated/α-hetero) is 1. The van der Waals surface area contributed by atoms with E-state index in [2.05, 4.69) is 0 Å². The van der Waals surface area contributed by atoms with Crippen molar-refractivity contribution >= 4 is 21.7 Å². The van der Waals surface area contributed by atoms with Crippen molar-refractivity contribution in [1.82, 2.24) is 4.31 Å². The molecule has 1 amide bonds. The summed E-state index contributed by atoms with van der Waals surface area (Å²) in [5.41, 5.74) is 2.25. The Morgan fingerprint density at radius 1 is 1.25 bits per heavy atom. The number of sulfonamides is 1. The predicted molar refractivity (Wildman–Crippen MR) is 75.0 cm³/mol. The molecule has 1 aromatic rings. The van der Waals surface area contributed by atoms with E-state index in [0.717, 1.165) is 11.1 Å². The number of amides is 1. The molecule has 0 N–H and O–H groups in total. The van der Waals surface area contributed by atoms with Crippen molar-refractivity contribution in [2.45, 2.75) is 32.4 Å². The molecule has 108 valence electrons. The summed E-state index contributed by atoms with van der Waals surface area (Å²) in [5.74, 6) is -0.898. The third-order valence-electron chi connectivity index (χ3n) is 3.65. The van der Waals surface area contributed by atoms with Crippen LogP contribution in [0.5, 0.6) is 0 Å². The lowest BCUT2D eigenvalue weighted by atomic mass is 10.0. The molecule has 2 rings (SSSR count). The molecule has 1 aliphatic heterocycles. The van der Waals surface area contributed by atoms with Crippen molar-refractivity contribution in [2.24, 2.45) is 0 Å². The highest BCUT2D eigenvalue weighted by molar-refractivity contribution is 7.94. The van der Waals surface area contributed by atoms with Gasteiger partial charge in [0.05, 0.1) is 0 Å². The van der Waals surface area contributed by atoms with Gasteiger partial charge in [-0.3, -0.25) is 9.59 Å². The van der Waals surface area contributed by atoms with Crippen LogP contribution in [0.2, 0.25) is 0 Å². The highest BCUT2D eigenvalue weighted by Gasteiger charge is 2.60. The van der Waals surface area contributed by atoms with Gasteiger partial charge in [0.2, 0.25) is 0 Å². The number of ketones is 1. The van der Waals surface area contributed by atoms with E-state index in [1.807, 2.05) is 13.0 Å². The van der Waals surface area contributed by atoms with Gasteiger partial charge in [-0.15, -0.1) is 0 Å². The first kappa shape index (κ1) is 14.7. The molecule has 1 aliphatic rings. The first-order chi connectivity index (χ1) is 9.09. The summed E-state index contributed by atoms with van der Waals surface area (Å²) in [7, 11) is -3.71. The topological polar surface area (TPSA) is 71.5 Å². The number of carbonyl (C=O) groups excluding carboxylic acids is 2. The summed E-state index contributed by atoms with van der Waals surface area (Å²) in [6.45, 7) is 5.98. The summed E-state index contributed by atoms with van der Waals surface area (Å²) < 4.78 is 23.1. The Morgan fingerprint density at radius 3 is 2.35 bits per heavy atom. The molecule has 5 nitrogen and oxygen atoms in total. The van der Waals surface area contributed by atoms with Gasteiger partial charge in [0, 0.05) is 5.56 Å². The normalized spacial score (nSPS) is 19.6. The third kappa shape index (κ3) is 1.95. The van der Waals surface area contributed by atoms with Crippen molar-refractivity contribution in [2.75, 3.05) is 6.54 Å². The maximum atomic E-state index is 12.2. The Labute approximate surface area is 118 Å². The first-order valence-electron chi connectivity index (χ1n) is 6.26. The average molecular weight is 295 g/mol. The SMILES string of the molecule is Cc1ccc(C(=O)CN2C(=O)C(C)(C)S2(=O)=O)c(C)c1. The predicted octanol–water partition coefficient (Wildman–Crippen LogP) is 1.44. The Hall–Kier alpha value is -1.69. The molecule has 1 fully saturated rings. The van der Waals surface area contributed by atoms with Gasteiger partial charge in [-0.1, -0.05) is 23.8 Å². The summed E-state index contributed by atoms with van der Waals surface area (Å²) in [4.78, 5) is 24.0. The molecule has 0 saturated carbocycles. The van der Waals surface area contributed by atoms with Crippen molar-refractivity contribution in [3.8, 4) is 0 Å². The van der Waals surface area contributed by atoms with E-state index in [1.165, 1.54) is 13.8 Å². The van der Waals surface area contributed by atoms with Gasteiger partial charge >= 0.3 is 0 Å². The molecule has 0 unspecified atom stereocenters. The molecule has 0 aromatic heterocycles. The van der Waals surface area contributed by atoms with Gasteiger partial charge in [-0.25, -0.2) is 12.7 Å². The van der Waals surface area contributed by atoms with E-state index in [0.29, 0.717) is 9.87 Å². The first-order valence-corrected chi connectivity index (χ1v) is 7.70. The molecule has 0 atom stereocenters. The van der Waals surface area contributed by atoms with Crippen molar-refractivity contribution < 1.29 is 18.0 Å². The smallest absolute Gasteiger partial charge is 0.259 e. The second-order valence-electron chi connectivity index (χ2n) is 5.57. The zero-order chi connectivity index (χ0) is 15.3. The Bertz CT molecular complexity index is 704. The third-order valence-corrected chi connectivity index (χ3v) is 5.99. The Morgan fingerprint density at radius 2 is 1.85 bits per heavy atom. The minimum atomic E-state index is -3.71. The maximum absolute atomic E-state index is 12.2. The summed E-state index contributed by atoms with van der Waals surface area (Å²) >= 11 is 0. The Balaban J connectivity index is 2.24. The van der Waals surface area contributed by atoms with Crippen LogP contribution in [0.4, 0.5) is 0 Å². The number of carbonyl (C=O) groups is 2. The van der Waals surface area contributed by atoms with Crippen LogP contribution in [0.3, 0.4) is 0 Å². The molecule has 20 heavy (non-hydrogen) atoms. The molecule has 0 aliphatic carbocycles. The second-order valence-corrected chi connectivity index (χ2v) is 7.98. The van der Waals surface area contributed by atoms with Crippen LogP contribution >= 0.6 is 0 Å². The minimum Gasteiger partial charge on any atom is -0.292 e. The van der Waals surface area contributed by atoms with Crippen LogP contribution in [0.15, 0.2) is 18.2 Å². The van der Waals surface area contributed by atoms with Gasteiger partial charge in [0.25, 0.3) is 15.9 Å². The largest absolute Gasteiger partial charge is 0.292 e. The molecule has 0 bridgehead atoms. The highest BCUT2D eigenvalue weighted by Crippen LogP contribution is 2.34. The van der Waals surface area contributed by atoms with E-state index in [4.69, 9.17) is 0 Å². The fourth-order valence-corrected chi connectivity index (χ4v) is 3.74. The molecule has 0 spiro atoms. The molecule has 1 heterocycles. The molecule has 6 heteroatoms. The number of benzene rings is 1. The summed E-state index contributed by atoms with van der Waals surface area (Å²) in [6, 6.07) is 5.30. The van der Waals surface area contributed by atoms with Crippen LogP contribution in [-0.4, -0.2) is 35.7 Å². The lowest BCUT2D eigenvalue weighted by molar-refractivity contribution is -0.131. The van der Waals surface area contributed by atoms with Gasteiger partial charge in [0.1, 0.15) is 6.54 Å². The maximum Gasteiger partial charge on any atom is 0.259 e. The molecule has 1 saturated heterocycles. The second kappa shape index (κ2) is 4.41. The number of aryl methyl sites for hydroxylation is 2. The van der Waals surface area contributed by atoms with Crippen LogP contribution in [-0.2, 0) is 14.8 Å². The van der Waals surface area contributed by atoms with E-state index in [1.54, 1.807) is 19.1 Å². The number of rotatable bonds is 3. The fraction of sp³-hybridized carbons (Fsp3) is 0.429. The number of nitrogens with zero attached hydrogens (tertiary/aromatic N) is 1. The van der Waals surface area contributed by atoms with Crippen molar-refractivity contribution in [3.05, 3.63) is 34.9 Å². The quantitative estimate of drug-likeness (QED) is 0.791. The van der Waals surface area contributed by atoms with Crippen LogP contribution in [0.25, 0.3) is 0 Å². The summed E-state index contributed by atoms with van der Waals surface area (Å²) in [5, 5.41) is 0. The van der Waals surface area contributed by atoms with Crippen LogP contribution in [0, 0.1) is 13.8 Å². The van der Waals surface area contributed by atoms with E-state index in [-0.39, 0.29) is 5.78 Å². The van der Waals surface area contributed by atoms with Gasteiger partial charge in [-0.2, -0.15) is 0 Å². The van der Waals surface area contributed by atoms with Crippen LogP contribution in [0.1, 0.15) is 35.3 Å². The van der Waals surface area contributed by atoms with E-state index >= 15 is 0 Å². The minimum absolute atomic E-state index is 0.366. The van der Waals surface area contributed by atoms with E-state index in [9.17, 15) is 18.0 Å². The van der Waals surface area contributed by atoms with Gasteiger partial charge in [0.15, 0.2) is 10.5 Å². The zero-order valence-corrected chi connectivity index (χ0v) is 12.7.